The van der Waals surface area contributed by atoms with Gasteiger partial charge in [-0.2, -0.15) is 0 Å². The molecule has 0 aliphatic carbocycles. The topological polar surface area (TPSA) is 134 Å². The Labute approximate surface area is 129 Å². The van der Waals surface area contributed by atoms with Crippen molar-refractivity contribution < 1.29 is 39.5 Å². The van der Waals surface area contributed by atoms with E-state index in [1.165, 1.54) is 0 Å². The molecule has 0 spiro atoms. The number of aliphatic hydroxyl groups is 4. The van der Waals surface area contributed by atoms with E-state index in [0.717, 1.165) is 13.8 Å². The quantitative estimate of drug-likeness (QED) is 0.247. The number of esters is 2. The summed E-state index contributed by atoms with van der Waals surface area (Å²) in [5.74, 6) is -4.87. The SMILES string of the molecule is CCC(O)CCCCC(O)(OC(=O)C(C)O)OC(=O)C(C)O. The Balaban J connectivity index is 4.64. The molecule has 0 bridgehead atoms. The van der Waals surface area contributed by atoms with E-state index in [1.807, 2.05) is 6.92 Å². The minimum Gasteiger partial charge on any atom is -0.396 e. The van der Waals surface area contributed by atoms with Crippen molar-refractivity contribution in [2.45, 2.75) is 77.2 Å². The van der Waals surface area contributed by atoms with Crippen molar-refractivity contribution in [1.29, 1.82) is 0 Å². The lowest BCUT2D eigenvalue weighted by atomic mass is 10.1. The summed E-state index contributed by atoms with van der Waals surface area (Å²) in [6, 6.07) is 0. The molecule has 3 unspecified atom stereocenters. The molecule has 8 nitrogen and oxygen atoms in total. The first-order chi connectivity index (χ1) is 10.1. The largest absolute Gasteiger partial charge is 0.396 e. The molecule has 0 aromatic heterocycles. The number of rotatable bonds is 10. The molecule has 3 atom stereocenters. The van der Waals surface area contributed by atoms with Gasteiger partial charge in [0.15, 0.2) is 0 Å². The van der Waals surface area contributed by atoms with Gasteiger partial charge in [-0.25, -0.2) is 9.59 Å². The van der Waals surface area contributed by atoms with Crippen LogP contribution in [0.25, 0.3) is 0 Å². The molecule has 0 aromatic carbocycles. The third-order valence-corrected chi connectivity index (χ3v) is 2.95. The lowest BCUT2D eigenvalue weighted by molar-refractivity contribution is -0.332. The molecule has 0 fully saturated rings. The van der Waals surface area contributed by atoms with Gasteiger partial charge in [0, 0.05) is 0 Å². The van der Waals surface area contributed by atoms with E-state index in [9.17, 15) is 19.8 Å². The number of ether oxygens (including phenoxy) is 2. The van der Waals surface area contributed by atoms with Crippen LogP contribution in [0.1, 0.15) is 52.9 Å². The fourth-order valence-corrected chi connectivity index (χ4v) is 1.54. The van der Waals surface area contributed by atoms with E-state index in [2.05, 4.69) is 9.47 Å². The Bertz CT molecular complexity index is 331. The second kappa shape index (κ2) is 9.73. The van der Waals surface area contributed by atoms with Gasteiger partial charge in [-0.1, -0.05) is 13.3 Å². The molecular weight excluding hydrogens is 296 g/mol. The molecule has 0 saturated heterocycles. The van der Waals surface area contributed by atoms with Gasteiger partial charge in [0.05, 0.1) is 12.5 Å². The van der Waals surface area contributed by atoms with Gasteiger partial charge in [0.1, 0.15) is 12.2 Å². The first-order valence-electron chi connectivity index (χ1n) is 7.33. The van der Waals surface area contributed by atoms with Crippen molar-refractivity contribution in [2.75, 3.05) is 0 Å². The third kappa shape index (κ3) is 8.28. The van der Waals surface area contributed by atoms with Gasteiger partial charge in [-0.3, -0.25) is 0 Å². The van der Waals surface area contributed by atoms with Crippen LogP contribution in [0, 0.1) is 0 Å². The molecular formula is C14H26O8. The minimum absolute atomic E-state index is 0.236. The van der Waals surface area contributed by atoms with Crippen LogP contribution in [0.5, 0.6) is 0 Å². The highest BCUT2D eigenvalue weighted by Crippen LogP contribution is 2.21. The van der Waals surface area contributed by atoms with Crippen molar-refractivity contribution in [1.82, 2.24) is 0 Å². The molecule has 0 aliphatic heterocycles. The standard InChI is InChI=1S/C14H26O8/c1-4-11(17)7-5-6-8-14(20,21-12(18)9(2)15)22-13(19)10(3)16/h9-11,15-17,20H,4-8H2,1-3H3. The Morgan fingerprint density at radius 3 is 1.82 bits per heavy atom. The van der Waals surface area contributed by atoms with Gasteiger partial charge >= 0.3 is 17.9 Å². The van der Waals surface area contributed by atoms with Gasteiger partial charge in [0.25, 0.3) is 0 Å². The number of unbranched alkanes of at least 4 members (excludes halogenated alkanes) is 1. The highest BCUT2D eigenvalue weighted by Gasteiger charge is 2.38. The Kier molecular flexibility index (Phi) is 9.19. The predicted octanol–water partition coefficient (Wildman–Crippen LogP) is -0.188. The van der Waals surface area contributed by atoms with Crippen molar-refractivity contribution in [3.8, 4) is 0 Å². The number of hydrogen-bond donors (Lipinski definition) is 4. The molecule has 0 aromatic rings. The first-order valence-corrected chi connectivity index (χ1v) is 7.33. The lowest BCUT2D eigenvalue weighted by Gasteiger charge is -2.28. The maximum atomic E-state index is 11.4. The van der Waals surface area contributed by atoms with Crippen molar-refractivity contribution in [3.05, 3.63) is 0 Å². The summed E-state index contributed by atoms with van der Waals surface area (Å²) in [7, 11) is 0. The van der Waals surface area contributed by atoms with Crippen LogP contribution in [0.15, 0.2) is 0 Å². The van der Waals surface area contributed by atoms with E-state index >= 15 is 0 Å². The van der Waals surface area contributed by atoms with Crippen molar-refractivity contribution in [2.24, 2.45) is 0 Å². The maximum Gasteiger partial charge on any atom is 0.373 e. The van der Waals surface area contributed by atoms with Crippen LogP contribution < -0.4 is 0 Å². The second-order valence-corrected chi connectivity index (χ2v) is 5.21. The summed E-state index contributed by atoms with van der Waals surface area (Å²) in [5.41, 5.74) is 0. The zero-order valence-corrected chi connectivity index (χ0v) is 13.2. The van der Waals surface area contributed by atoms with Gasteiger partial charge < -0.3 is 29.9 Å². The Hall–Kier alpha value is -1.22. The van der Waals surface area contributed by atoms with E-state index in [1.54, 1.807) is 0 Å². The summed E-state index contributed by atoms with van der Waals surface area (Å²) in [4.78, 5) is 22.7. The fraction of sp³-hybridized carbons (Fsp3) is 0.857. The highest BCUT2D eigenvalue weighted by atomic mass is 16.8. The zero-order chi connectivity index (χ0) is 17.3. The van der Waals surface area contributed by atoms with Crippen LogP contribution in [0.2, 0.25) is 0 Å². The van der Waals surface area contributed by atoms with Crippen LogP contribution in [0.4, 0.5) is 0 Å². The molecule has 0 saturated carbocycles. The smallest absolute Gasteiger partial charge is 0.373 e. The van der Waals surface area contributed by atoms with E-state index in [0.29, 0.717) is 25.7 Å². The average Bonchev–Trinajstić information content (AvgIpc) is 2.42. The number of carbonyl (C=O) groups excluding carboxylic acids is 2. The van der Waals surface area contributed by atoms with Crippen LogP contribution in [-0.4, -0.2) is 56.6 Å². The fourth-order valence-electron chi connectivity index (χ4n) is 1.54. The summed E-state index contributed by atoms with van der Waals surface area (Å²) < 4.78 is 9.21. The zero-order valence-electron chi connectivity index (χ0n) is 13.2. The molecule has 0 heterocycles. The first kappa shape index (κ1) is 20.8. The summed E-state index contributed by atoms with van der Waals surface area (Å²) >= 11 is 0. The molecule has 22 heavy (non-hydrogen) atoms. The molecule has 0 rings (SSSR count). The Morgan fingerprint density at radius 1 is 1.00 bits per heavy atom. The van der Waals surface area contributed by atoms with E-state index in [4.69, 9.17) is 10.2 Å². The number of aliphatic hydroxyl groups excluding tert-OH is 3. The monoisotopic (exact) mass is 322 g/mol. The Morgan fingerprint density at radius 2 is 1.45 bits per heavy atom. The highest BCUT2D eigenvalue weighted by molar-refractivity contribution is 5.76. The summed E-state index contributed by atoms with van der Waals surface area (Å²) in [5, 5.41) is 37.7. The third-order valence-electron chi connectivity index (χ3n) is 2.95. The van der Waals surface area contributed by atoms with Gasteiger partial charge in [-0.15, -0.1) is 0 Å². The average molecular weight is 322 g/mol. The van der Waals surface area contributed by atoms with Crippen LogP contribution >= 0.6 is 0 Å². The summed E-state index contributed by atoms with van der Waals surface area (Å²) in [6.07, 6.45) is -1.81. The van der Waals surface area contributed by atoms with Crippen LogP contribution in [0.3, 0.4) is 0 Å². The van der Waals surface area contributed by atoms with Crippen molar-refractivity contribution in [3.63, 3.8) is 0 Å². The molecule has 8 heteroatoms. The van der Waals surface area contributed by atoms with Gasteiger partial charge in [0.2, 0.25) is 0 Å². The lowest BCUT2D eigenvalue weighted by Crippen LogP contribution is -2.44. The van der Waals surface area contributed by atoms with E-state index < -0.39 is 36.2 Å². The molecule has 4 N–H and O–H groups in total. The minimum atomic E-state index is -2.56. The summed E-state index contributed by atoms with van der Waals surface area (Å²) in [6.45, 7) is 4.10. The molecule has 0 aliphatic rings. The van der Waals surface area contributed by atoms with Crippen molar-refractivity contribution >= 4 is 11.9 Å². The van der Waals surface area contributed by atoms with E-state index in [-0.39, 0.29) is 6.42 Å². The van der Waals surface area contributed by atoms with Gasteiger partial charge in [-0.05, 0) is 33.1 Å². The van der Waals surface area contributed by atoms with Crippen LogP contribution in [-0.2, 0) is 19.1 Å². The second-order valence-electron chi connectivity index (χ2n) is 5.21. The maximum absolute atomic E-state index is 11.4. The molecule has 0 amide bonds. The number of carbonyl (C=O) groups is 2. The number of hydrogen-bond acceptors (Lipinski definition) is 8. The predicted molar refractivity (Wildman–Crippen MR) is 75.3 cm³/mol. The molecule has 130 valence electrons. The molecule has 0 radical (unpaired) electrons. The normalized spacial score (nSPS) is 18.0.